The summed E-state index contributed by atoms with van der Waals surface area (Å²) in [5.41, 5.74) is 6.91. The highest BCUT2D eigenvalue weighted by Gasteiger charge is 2.10. The molecule has 112 valence electrons. The van der Waals surface area contributed by atoms with Crippen LogP contribution in [-0.4, -0.2) is 24.0 Å². The molecule has 21 heavy (non-hydrogen) atoms. The van der Waals surface area contributed by atoms with Crippen LogP contribution in [0.1, 0.15) is 28.0 Å². The van der Waals surface area contributed by atoms with Gasteiger partial charge in [-0.05, 0) is 31.2 Å². The van der Waals surface area contributed by atoms with E-state index in [2.05, 4.69) is 10.3 Å². The lowest BCUT2D eigenvalue weighted by molar-refractivity contribution is 0.0946. The maximum absolute atomic E-state index is 12.0. The number of aromatic nitrogens is 1. The molecule has 1 heterocycles. The van der Waals surface area contributed by atoms with E-state index in [0.717, 1.165) is 16.3 Å². The zero-order chi connectivity index (χ0) is 15.1. The van der Waals surface area contributed by atoms with E-state index in [1.807, 2.05) is 31.2 Å². The lowest BCUT2D eigenvalue weighted by Crippen LogP contribution is -2.23. The summed E-state index contributed by atoms with van der Waals surface area (Å²) in [4.78, 5) is 16.3. The van der Waals surface area contributed by atoms with Gasteiger partial charge in [-0.15, -0.1) is 11.3 Å². The van der Waals surface area contributed by atoms with Crippen LogP contribution in [0.2, 0.25) is 0 Å². The van der Waals surface area contributed by atoms with Crippen molar-refractivity contribution in [1.82, 2.24) is 10.3 Å². The van der Waals surface area contributed by atoms with Crippen LogP contribution in [-0.2, 0) is 13.0 Å². The molecule has 0 saturated carbocycles. The van der Waals surface area contributed by atoms with Crippen molar-refractivity contribution in [3.8, 4) is 5.75 Å². The van der Waals surface area contributed by atoms with Crippen molar-refractivity contribution in [3.05, 3.63) is 45.9 Å². The number of ether oxygens (including phenoxy) is 1. The van der Waals surface area contributed by atoms with E-state index >= 15 is 0 Å². The van der Waals surface area contributed by atoms with Crippen LogP contribution < -0.4 is 15.8 Å². The second kappa shape index (κ2) is 7.75. The van der Waals surface area contributed by atoms with Gasteiger partial charge in [0.15, 0.2) is 0 Å². The molecule has 0 radical (unpaired) electrons. The highest BCUT2D eigenvalue weighted by Crippen LogP contribution is 2.14. The van der Waals surface area contributed by atoms with Crippen molar-refractivity contribution >= 4 is 17.2 Å². The Kier molecular flexibility index (Phi) is 5.71. The SMILES string of the molecule is CCOc1cccc(CNC(=O)c2csc(CCN)n2)c1. The van der Waals surface area contributed by atoms with Gasteiger partial charge in [0.25, 0.3) is 5.91 Å². The molecule has 1 aromatic heterocycles. The molecule has 0 bridgehead atoms. The molecule has 0 atom stereocenters. The van der Waals surface area contributed by atoms with Crippen molar-refractivity contribution in [2.45, 2.75) is 19.9 Å². The Morgan fingerprint density at radius 1 is 1.48 bits per heavy atom. The quantitative estimate of drug-likeness (QED) is 0.820. The Balaban J connectivity index is 1.92. The molecule has 3 N–H and O–H groups in total. The van der Waals surface area contributed by atoms with E-state index in [4.69, 9.17) is 10.5 Å². The number of nitrogens with two attached hydrogens (primary N) is 1. The molecular formula is C15H19N3O2S. The van der Waals surface area contributed by atoms with E-state index < -0.39 is 0 Å². The van der Waals surface area contributed by atoms with Gasteiger partial charge in [0, 0.05) is 18.3 Å². The van der Waals surface area contributed by atoms with Gasteiger partial charge < -0.3 is 15.8 Å². The second-order valence-corrected chi connectivity index (χ2v) is 5.37. The minimum absolute atomic E-state index is 0.170. The summed E-state index contributed by atoms with van der Waals surface area (Å²) in [5.74, 6) is 0.638. The molecule has 1 aromatic carbocycles. The molecule has 6 heteroatoms. The van der Waals surface area contributed by atoms with Crippen LogP contribution >= 0.6 is 11.3 Å². The van der Waals surface area contributed by atoms with Gasteiger partial charge in [0.2, 0.25) is 0 Å². The molecule has 2 aromatic rings. The number of rotatable bonds is 7. The van der Waals surface area contributed by atoms with Crippen LogP contribution in [0.25, 0.3) is 0 Å². The van der Waals surface area contributed by atoms with Gasteiger partial charge in [-0.3, -0.25) is 4.79 Å². The number of nitrogens with one attached hydrogen (secondary N) is 1. The van der Waals surface area contributed by atoms with Gasteiger partial charge in [-0.25, -0.2) is 4.98 Å². The van der Waals surface area contributed by atoms with Crippen LogP contribution in [0.5, 0.6) is 5.75 Å². The molecule has 5 nitrogen and oxygen atoms in total. The average molecular weight is 305 g/mol. The standard InChI is InChI=1S/C15H19N3O2S/c1-2-20-12-5-3-4-11(8-12)9-17-15(19)13-10-21-14(18-13)6-7-16/h3-5,8,10H,2,6-7,9,16H2,1H3,(H,17,19). The third-order valence-electron chi connectivity index (χ3n) is 2.81. The summed E-state index contributed by atoms with van der Waals surface area (Å²) < 4.78 is 5.43. The van der Waals surface area contributed by atoms with E-state index in [1.165, 1.54) is 11.3 Å². The van der Waals surface area contributed by atoms with E-state index in [9.17, 15) is 4.79 Å². The number of amides is 1. The molecule has 2 rings (SSSR count). The van der Waals surface area contributed by atoms with Crippen molar-refractivity contribution in [2.75, 3.05) is 13.2 Å². The van der Waals surface area contributed by atoms with Crippen LogP contribution in [0.3, 0.4) is 0 Å². The zero-order valence-corrected chi connectivity index (χ0v) is 12.8. The summed E-state index contributed by atoms with van der Waals surface area (Å²) >= 11 is 1.46. The molecule has 0 spiro atoms. The first-order valence-corrected chi connectivity index (χ1v) is 7.75. The molecule has 0 saturated heterocycles. The summed E-state index contributed by atoms with van der Waals surface area (Å²) in [6.07, 6.45) is 0.703. The minimum Gasteiger partial charge on any atom is -0.494 e. The first kappa shape index (κ1) is 15.5. The normalized spacial score (nSPS) is 10.4. The molecule has 1 amide bonds. The molecule has 0 aliphatic carbocycles. The molecule has 0 fully saturated rings. The lowest BCUT2D eigenvalue weighted by atomic mass is 10.2. The highest BCUT2D eigenvalue weighted by molar-refractivity contribution is 7.09. The number of thiazole rings is 1. The lowest BCUT2D eigenvalue weighted by Gasteiger charge is -2.07. The third kappa shape index (κ3) is 4.54. The number of carbonyl (C=O) groups is 1. The largest absolute Gasteiger partial charge is 0.494 e. The zero-order valence-electron chi connectivity index (χ0n) is 12.0. The Hall–Kier alpha value is -1.92. The van der Waals surface area contributed by atoms with Gasteiger partial charge in [0.1, 0.15) is 11.4 Å². The predicted molar refractivity (Wildman–Crippen MR) is 83.7 cm³/mol. The number of carbonyl (C=O) groups excluding carboxylic acids is 1. The monoisotopic (exact) mass is 305 g/mol. The van der Waals surface area contributed by atoms with Crippen LogP contribution in [0.15, 0.2) is 29.6 Å². The number of hydrogen-bond donors (Lipinski definition) is 2. The molecule has 0 aliphatic heterocycles. The topological polar surface area (TPSA) is 77.2 Å². The van der Waals surface area contributed by atoms with Gasteiger partial charge in [-0.1, -0.05) is 12.1 Å². The van der Waals surface area contributed by atoms with E-state index in [1.54, 1.807) is 5.38 Å². The van der Waals surface area contributed by atoms with Gasteiger partial charge in [0.05, 0.1) is 11.6 Å². The summed E-state index contributed by atoms with van der Waals surface area (Å²) in [5, 5.41) is 5.51. The van der Waals surface area contributed by atoms with Crippen molar-refractivity contribution in [3.63, 3.8) is 0 Å². The smallest absolute Gasteiger partial charge is 0.271 e. The summed E-state index contributed by atoms with van der Waals surface area (Å²) in [6.45, 7) is 3.55. The Morgan fingerprint density at radius 3 is 3.10 bits per heavy atom. The Bertz CT molecular complexity index is 598. The predicted octanol–water partition coefficient (Wildman–Crippen LogP) is 1.97. The highest BCUT2D eigenvalue weighted by atomic mass is 32.1. The molecule has 0 unspecified atom stereocenters. The number of nitrogens with zero attached hydrogens (tertiary/aromatic N) is 1. The first-order chi connectivity index (χ1) is 10.2. The fraction of sp³-hybridized carbons (Fsp3) is 0.333. The summed E-state index contributed by atoms with van der Waals surface area (Å²) in [6, 6.07) is 7.68. The van der Waals surface area contributed by atoms with Crippen LogP contribution in [0.4, 0.5) is 0 Å². The number of benzene rings is 1. The minimum atomic E-state index is -0.170. The van der Waals surface area contributed by atoms with Crippen molar-refractivity contribution < 1.29 is 9.53 Å². The molecular weight excluding hydrogens is 286 g/mol. The fourth-order valence-corrected chi connectivity index (χ4v) is 2.63. The third-order valence-corrected chi connectivity index (χ3v) is 3.71. The van der Waals surface area contributed by atoms with Crippen molar-refractivity contribution in [2.24, 2.45) is 5.73 Å². The van der Waals surface area contributed by atoms with Gasteiger partial charge >= 0.3 is 0 Å². The maximum Gasteiger partial charge on any atom is 0.271 e. The van der Waals surface area contributed by atoms with E-state index in [-0.39, 0.29) is 5.91 Å². The van der Waals surface area contributed by atoms with Crippen molar-refractivity contribution in [1.29, 1.82) is 0 Å². The second-order valence-electron chi connectivity index (χ2n) is 4.43. The van der Waals surface area contributed by atoms with Crippen LogP contribution in [0, 0.1) is 0 Å². The fourth-order valence-electron chi connectivity index (χ4n) is 1.84. The van der Waals surface area contributed by atoms with Gasteiger partial charge in [-0.2, -0.15) is 0 Å². The van der Waals surface area contributed by atoms with E-state index in [0.29, 0.717) is 31.8 Å². The first-order valence-electron chi connectivity index (χ1n) is 6.87. The average Bonchev–Trinajstić information content (AvgIpc) is 2.95. The maximum atomic E-state index is 12.0. The Morgan fingerprint density at radius 2 is 2.33 bits per heavy atom. The number of hydrogen-bond acceptors (Lipinski definition) is 5. The Labute approximate surface area is 128 Å². The summed E-state index contributed by atoms with van der Waals surface area (Å²) in [7, 11) is 0. The molecule has 0 aliphatic rings.